The van der Waals surface area contributed by atoms with Gasteiger partial charge in [-0.1, -0.05) is 6.07 Å². The molecular weight excluding hydrogens is 352 g/mol. The van der Waals surface area contributed by atoms with Crippen LogP contribution in [0.4, 0.5) is 11.5 Å². The molecule has 0 saturated heterocycles. The summed E-state index contributed by atoms with van der Waals surface area (Å²) in [4.78, 5) is 13.8. The second kappa shape index (κ2) is 6.78. The van der Waals surface area contributed by atoms with E-state index >= 15 is 0 Å². The van der Waals surface area contributed by atoms with Crippen LogP contribution in [0, 0.1) is 10.1 Å². The van der Waals surface area contributed by atoms with Gasteiger partial charge in [-0.05, 0) is 28.5 Å². The predicted octanol–water partition coefficient (Wildman–Crippen LogP) is 0.916. The zero-order chi connectivity index (χ0) is 17.9. The Morgan fingerprint density at radius 1 is 1.16 bits per heavy atom. The molecule has 2 heterocycles. The maximum absolute atomic E-state index is 12.3. The SMILES string of the molecule is O=[N+]([O-])c1ccc(NCCNS(=O)(=O)c2cccc3nonc23)nc1. The van der Waals surface area contributed by atoms with Crippen LogP contribution in [-0.4, -0.2) is 41.7 Å². The zero-order valence-electron chi connectivity index (χ0n) is 12.6. The molecule has 2 aromatic heterocycles. The minimum atomic E-state index is -3.79. The van der Waals surface area contributed by atoms with Crippen molar-refractivity contribution >= 4 is 32.6 Å². The van der Waals surface area contributed by atoms with Crippen molar-refractivity contribution in [3.8, 4) is 0 Å². The molecule has 1 aromatic carbocycles. The third-order valence-corrected chi connectivity index (χ3v) is 4.71. The molecule has 3 rings (SSSR count). The van der Waals surface area contributed by atoms with Gasteiger partial charge < -0.3 is 5.32 Å². The minimum Gasteiger partial charge on any atom is -0.369 e. The highest BCUT2D eigenvalue weighted by molar-refractivity contribution is 7.89. The van der Waals surface area contributed by atoms with E-state index in [2.05, 4.69) is 30.0 Å². The second-order valence-electron chi connectivity index (χ2n) is 4.87. The Morgan fingerprint density at radius 3 is 2.72 bits per heavy atom. The van der Waals surface area contributed by atoms with Gasteiger partial charge in [0.2, 0.25) is 10.0 Å². The summed E-state index contributed by atoms with van der Waals surface area (Å²) < 4.78 is 31.6. The molecule has 0 saturated carbocycles. The highest BCUT2D eigenvalue weighted by Crippen LogP contribution is 2.19. The number of benzene rings is 1. The smallest absolute Gasteiger partial charge is 0.287 e. The van der Waals surface area contributed by atoms with Crippen molar-refractivity contribution in [3.05, 3.63) is 46.6 Å². The highest BCUT2D eigenvalue weighted by atomic mass is 32.2. The fourth-order valence-corrected chi connectivity index (χ4v) is 3.23. The lowest BCUT2D eigenvalue weighted by molar-refractivity contribution is -0.385. The molecule has 0 amide bonds. The van der Waals surface area contributed by atoms with Crippen LogP contribution in [0.2, 0.25) is 0 Å². The lowest BCUT2D eigenvalue weighted by Crippen LogP contribution is -2.29. The van der Waals surface area contributed by atoms with Crippen LogP contribution in [0.1, 0.15) is 0 Å². The molecule has 3 aromatic rings. The molecule has 2 N–H and O–H groups in total. The maximum Gasteiger partial charge on any atom is 0.287 e. The van der Waals surface area contributed by atoms with Crippen molar-refractivity contribution in [2.24, 2.45) is 0 Å². The van der Waals surface area contributed by atoms with E-state index in [0.29, 0.717) is 11.3 Å². The highest BCUT2D eigenvalue weighted by Gasteiger charge is 2.19. The van der Waals surface area contributed by atoms with Crippen molar-refractivity contribution < 1.29 is 18.0 Å². The lowest BCUT2D eigenvalue weighted by Gasteiger charge is -2.08. The number of hydrogen-bond donors (Lipinski definition) is 2. The molecule has 0 radical (unpaired) electrons. The van der Waals surface area contributed by atoms with Crippen LogP contribution >= 0.6 is 0 Å². The van der Waals surface area contributed by atoms with Gasteiger partial charge in [0.1, 0.15) is 22.4 Å². The van der Waals surface area contributed by atoms with Crippen molar-refractivity contribution in [3.63, 3.8) is 0 Å². The monoisotopic (exact) mass is 364 g/mol. The van der Waals surface area contributed by atoms with Crippen molar-refractivity contribution in [1.29, 1.82) is 0 Å². The maximum atomic E-state index is 12.3. The number of fused-ring (bicyclic) bond motifs is 1. The summed E-state index contributed by atoms with van der Waals surface area (Å²) in [6.45, 7) is 0.305. The third-order valence-electron chi connectivity index (χ3n) is 3.22. The van der Waals surface area contributed by atoms with Gasteiger partial charge in [0, 0.05) is 19.2 Å². The molecule has 25 heavy (non-hydrogen) atoms. The molecule has 0 bridgehead atoms. The van der Waals surface area contributed by atoms with Crippen molar-refractivity contribution in [2.75, 3.05) is 18.4 Å². The number of nitrogens with zero attached hydrogens (tertiary/aromatic N) is 4. The third kappa shape index (κ3) is 3.70. The van der Waals surface area contributed by atoms with Gasteiger partial charge in [-0.15, -0.1) is 0 Å². The van der Waals surface area contributed by atoms with Gasteiger partial charge in [-0.25, -0.2) is 22.8 Å². The number of nitrogens with one attached hydrogen (secondary N) is 2. The van der Waals surface area contributed by atoms with E-state index in [-0.39, 0.29) is 29.2 Å². The largest absolute Gasteiger partial charge is 0.369 e. The van der Waals surface area contributed by atoms with Crippen LogP contribution in [0.5, 0.6) is 0 Å². The van der Waals surface area contributed by atoms with Crippen molar-refractivity contribution in [2.45, 2.75) is 4.90 Å². The number of aromatic nitrogens is 3. The Kier molecular flexibility index (Phi) is 4.54. The quantitative estimate of drug-likeness (QED) is 0.354. The average Bonchev–Trinajstić information content (AvgIpc) is 3.07. The molecule has 130 valence electrons. The lowest BCUT2D eigenvalue weighted by atomic mass is 10.3. The summed E-state index contributed by atoms with van der Waals surface area (Å²) in [5.74, 6) is 0.396. The summed E-state index contributed by atoms with van der Waals surface area (Å²) in [7, 11) is -3.79. The van der Waals surface area contributed by atoms with E-state index < -0.39 is 14.9 Å². The number of sulfonamides is 1. The molecule has 0 aliphatic heterocycles. The van der Waals surface area contributed by atoms with E-state index in [9.17, 15) is 18.5 Å². The fraction of sp³-hybridized carbons (Fsp3) is 0.154. The summed E-state index contributed by atoms with van der Waals surface area (Å²) in [6.07, 6.45) is 1.12. The van der Waals surface area contributed by atoms with E-state index in [1.54, 1.807) is 12.1 Å². The molecule has 0 aliphatic rings. The Morgan fingerprint density at radius 2 is 2.00 bits per heavy atom. The molecule has 0 unspecified atom stereocenters. The predicted molar refractivity (Wildman–Crippen MR) is 86.4 cm³/mol. The van der Waals surface area contributed by atoms with E-state index in [1.165, 1.54) is 18.2 Å². The summed E-state index contributed by atoms with van der Waals surface area (Å²) in [5.41, 5.74) is 0.372. The molecule has 12 heteroatoms. The van der Waals surface area contributed by atoms with Crippen LogP contribution in [0.15, 0.2) is 46.1 Å². The number of rotatable bonds is 7. The summed E-state index contributed by atoms with van der Waals surface area (Å²) in [6, 6.07) is 7.28. The number of anilines is 1. The molecule has 0 fully saturated rings. The first-order chi connectivity index (χ1) is 12.0. The van der Waals surface area contributed by atoms with Gasteiger partial charge >= 0.3 is 0 Å². The van der Waals surface area contributed by atoms with E-state index in [4.69, 9.17) is 0 Å². The summed E-state index contributed by atoms with van der Waals surface area (Å²) in [5, 5.41) is 20.6. The average molecular weight is 364 g/mol. The van der Waals surface area contributed by atoms with Crippen molar-refractivity contribution in [1.82, 2.24) is 20.0 Å². The first kappa shape index (κ1) is 16.7. The van der Waals surface area contributed by atoms with Gasteiger partial charge in [0.05, 0.1) is 4.92 Å². The van der Waals surface area contributed by atoms with Crippen LogP contribution in [0.25, 0.3) is 11.0 Å². The van der Waals surface area contributed by atoms with Gasteiger partial charge in [0.15, 0.2) is 5.52 Å². The van der Waals surface area contributed by atoms with Gasteiger partial charge in [-0.3, -0.25) is 10.1 Å². The number of hydrogen-bond acceptors (Lipinski definition) is 9. The Bertz CT molecular complexity index is 1000. The normalized spacial score (nSPS) is 11.5. The number of nitro groups is 1. The standard InChI is InChI=1S/C13H12N6O5S/c20-19(21)9-4-5-12(15-8-9)14-6-7-16-25(22,23)11-3-1-2-10-13(11)18-24-17-10/h1-5,8,16H,6-7H2,(H,14,15). The Labute approximate surface area is 141 Å². The molecule has 0 spiro atoms. The van der Waals surface area contributed by atoms with Gasteiger partial charge in [0.25, 0.3) is 5.69 Å². The summed E-state index contributed by atoms with van der Waals surface area (Å²) >= 11 is 0. The topological polar surface area (TPSA) is 153 Å². The van der Waals surface area contributed by atoms with E-state index in [0.717, 1.165) is 6.20 Å². The Hall–Kier alpha value is -3.12. The molecule has 11 nitrogen and oxygen atoms in total. The fourth-order valence-electron chi connectivity index (χ4n) is 2.05. The number of pyridine rings is 1. The molecular formula is C13H12N6O5S. The van der Waals surface area contributed by atoms with Crippen LogP contribution in [0.3, 0.4) is 0 Å². The minimum absolute atomic E-state index is 0.0280. The van der Waals surface area contributed by atoms with E-state index in [1.807, 2.05) is 0 Å². The zero-order valence-corrected chi connectivity index (χ0v) is 13.4. The van der Waals surface area contributed by atoms with Crippen LogP contribution < -0.4 is 10.0 Å². The first-order valence-corrected chi connectivity index (χ1v) is 8.51. The molecule has 0 aliphatic carbocycles. The molecule has 0 atom stereocenters. The van der Waals surface area contributed by atoms with Gasteiger partial charge in [-0.2, -0.15) is 0 Å². The Balaban J connectivity index is 1.59. The van der Waals surface area contributed by atoms with Crippen LogP contribution in [-0.2, 0) is 10.0 Å². The first-order valence-electron chi connectivity index (χ1n) is 7.02. The second-order valence-corrected chi connectivity index (χ2v) is 6.61.